The normalized spacial score (nSPS) is 18.4. The lowest BCUT2D eigenvalue weighted by molar-refractivity contribution is -0.149. The molecule has 184 valence electrons. The number of nitrogens with one attached hydrogen (secondary N) is 3. The number of ether oxygens (including phenoxy) is 1. The lowest BCUT2D eigenvalue weighted by Gasteiger charge is -2.35. The number of rotatable bonds is 8. The van der Waals surface area contributed by atoms with Gasteiger partial charge in [0.05, 0.1) is 6.54 Å². The van der Waals surface area contributed by atoms with Crippen molar-refractivity contribution in [2.24, 2.45) is 5.92 Å². The minimum Gasteiger partial charge on any atom is -0.480 e. The number of carboxylic acids is 1. The summed E-state index contributed by atoms with van der Waals surface area (Å²) >= 11 is 0. The Morgan fingerprint density at radius 2 is 1.94 bits per heavy atom. The first-order valence-corrected chi connectivity index (χ1v) is 10.9. The van der Waals surface area contributed by atoms with Gasteiger partial charge in [-0.1, -0.05) is 13.8 Å². The fourth-order valence-corrected chi connectivity index (χ4v) is 3.32. The molecule has 12 heteroatoms. The molecule has 12 nitrogen and oxygen atoms in total. The van der Waals surface area contributed by atoms with E-state index >= 15 is 0 Å². The van der Waals surface area contributed by atoms with Crippen LogP contribution in [0.1, 0.15) is 47.5 Å². The van der Waals surface area contributed by atoms with E-state index in [1.807, 2.05) is 0 Å². The monoisotopic (exact) mass is 466 g/mol. The zero-order valence-corrected chi connectivity index (χ0v) is 19.7. The van der Waals surface area contributed by atoms with E-state index in [9.17, 15) is 24.3 Å². The lowest BCUT2D eigenvalue weighted by atomic mass is 10.0. The van der Waals surface area contributed by atoms with Crippen LogP contribution in [0.4, 0.5) is 4.79 Å². The molecular weight excluding hydrogens is 432 g/mol. The number of carbonyl (C=O) groups excluding carboxylic acids is 3. The number of aromatic nitrogens is 2. The second-order valence-corrected chi connectivity index (χ2v) is 9.31. The molecule has 3 amide bonds. The summed E-state index contributed by atoms with van der Waals surface area (Å²) in [4.78, 5) is 49.9. The maximum atomic E-state index is 13.2. The third-order valence-corrected chi connectivity index (χ3v) is 4.92. The topological polar surface area (TPSA) is 155 Å². The molecule has 1 saturated heterocycles. The Balaban J connectivity index is 2.16. The van der Waals surface area contributed by atoms with Crippen LogP contribution < -0.4 is 16.1 Å². The second-order valence-electron chi connectivity index (χ2n) is 9.31. The summed E-state index contributed by atoms with van der Waals surface area (Å²) in [7, 11) is 0. The molecule has 0 saturated carbocycles. The van der Waals surface area contributed by atoms with Crippen LogP contribution in [0.25, 0.3) is 0 Å². The summed E-state index contributed by atoms with van der Waals surface area (Å²) in [6.07, 6.45) is 3.35. The first-order chi connectivity index (χ1) is 15.4. The molecular formula is C21H34N6O6. The summed E-state index contributed by atoms with van der Waals surface area (Å²) in [5.74, 6) is -2.40. The van der Waals surface area contributed by atoms with E-state index in [0.29, 0.717) is 19.4 Å². The summed E-state index contributed by atoms with van der Waals surface area (Å²) < 4.78 is 6.74. The van der Waals surface area contributed by atoms with E-state index in [0.717, 1.165) is 0 Å². The number of carboxylic acid groups (broad SMARTS) is 1. The van der Waals surface area contributed by atoms with E-state index in [2.05, 4.69) is 21.2 Å². The van der Waals surface area contributed by atoms with Crippen molar-refractivity contribution in [1.29, 1.82) is 0 Å². The van der Waals surface area contributed by atoms with Crippen LogP contribution in [0, 0.1) is 5.92 Å². The predicted molar refractivity (Wildman–Crippen MR) is 118 cm³/mol. The molecule has 0 aliphatic carbocycles. The number of aliphatic carboxylic acids is 1. The number of hydrogen-bond acceptors (Lipinski definition) is 7. The van der Waals surface area contributed by atoms with E-state index in [4.69, 9.17) is 4.74 Å². The Kier molecular flexibility index (Phi) is 8.80. The van der Waals surface area contributed by atoms with E-state index in [1.165, 1.54) is 9.69 Å². The van der Waals surface area contributed by atoms with Gasteiger partial charge in [-0.05, 0) is 45.6 Å². The molecule has 0 spiro atoms. The van der Waals surface area contributed by atoms with Gasteiger partial charge in [-0.3, -0.25) is 24.1 Å². The van der Waals surface area contributed by atoms with Crippen molar-refractivity contribution in [2.45, 2.75) is 77.7 Å². The van der Waals surface area contributed by atoms with E-state index in [-0.39, 0.29) is 12.5 Å². The third kappa shape index (κ3) is 8.04. The molecule has 1 aliphatic rings. The highest BCUT2D eigenvalue weighted by atomic mass is 16.6. The maximum Gasteiger partial charge on any atom is 0.408 e. The molecule has 3 atom stereocenters. The maximum absolute atomic E-state index is 13.2. The highest BCUT2D eigenvalue weighted by molar-refractivity contribution is 5.91. The average molecular weight is 467 g/mol. The number of hydrogen-bond donors (Lipinski definition) is 4. The second kappa shape index (κ2) is 11.1. The van der Waals surface area contributed by atoms with Gasteiger partial charge in [0, 0.05) is 18.9 Å². The molecule has 1 aromatic heterocycles. The van der Waals surface area contributed by atoms with Gasteiger partial charge < -0.3 is 20.5 Å². The first kappa shape index (κ1) is 26.1. The standard InChI is InChI=1S/C21H34N6O6/c1-13(2)16(24-20(32)33-21(3,4)5)17(28)23-15(12-26-10-7-9-22-26)18(29)27-11-6-8-14(25-27)19(30)31/h7,9-10,13-16,25H,6,8,11-12H2,1-5H3,(H,23,28)(H,24,32)(H,30,31)/t14-,15-,16-/m0/s1. The number of hydrazine groups is 1. The SMILES string of the molecule is CC(C)[C@H](NC(=O)OC(C)(C)C)C(=O)N[C@@H](Cn1cccn1)C(=O)N1CCC[C@@H](C(=O)O)N1. The third-order valence-electron chi connectivity index (χ3n) is 4.92. The minimum absolute atomic E-state index is 0.0325. The largest absolute Gasteiger partial charge is 0.480 e. The number of alkyl carbamates (subject to hydrolysis) is 1. The Labute approximate surface area is 193 Å². The van der Waals surface area contributed by atoms with Crippen LogP contribution in [0.2, 0.25) is 0 Å². The van der Waals surface area contributed by atoms with Crippen LogP contribution in [0.15, 0.2) is 18.5 Å². The molecule has 2 heterocycles. The predicted octanol–water partition coefficient (Wildman–Crippen LogP) is 0.497. The van der Waals surface area contributed by atoms with E-state index < -0.39 is 47.6 Å². The lowest BCUT2D eigenvalue weighted by Crippen LogP contribution is -2.62. The van der Waals surface area contributed by atoms with Crippen LogP contribution in [0.5, 0.6) is 0 Å². The van der Waals surface area contributed by atoms with E-state index in [1.54, 1.807) is 53.1 Å². The zero-order valence-electron chi connectivity index (χ0n) is 19.7. The molecule has 1 aromatic rings. The molecule has 0 aromatic carbocycles. The Morgan fingerprint density at radius 1 is 1.24 bits per heavy atom. The van der Waals surface area contributed by atoms with Crippen molar-refractivity contribution in [2.75, 3.05) is 6.54 Å². The van der Waals surface area contributed by atoms with Gasteiger partial charge in [0.25, 0.3) is 5.91 Å². The van der Waals surface area contributed by atoms with Crippen LogP contribution in [0.3, 0.4) is 0 Å². The molecule has 0 radical (unpaired) electrons. The molecule has 0 bridgehead atoms. The Bertz CT molecular complexity index is 835. The molecule has 1 aliphatic heterocycles. The summed E-state index contributed by atoms with van der Waals surface area (Å²) in [5, 5.41) is 19.9. The van der Waals surface area contributed by atoms with Gasteiger partial charge in [0.1, 0.15) is 23.7 Å². The fraction of sp³-hybridized carbons (Fsp3) is 0.667. The highest BCUT2D eigenvalue weighted by Crippen LogP contribution is 2.12. The number of carbonyl (C=O) groups is 4. The van der Waals surface area contributed by atoms with Crippen molar-refractivity contribution in [3.05, 3.63) is 18.5 Å². The average Bonchev–Trinajstić information content (AvgIpc) is 3.22. The number of nitrogens with zero attached hydrogens (tertiary/aromatic N) is 3. The van der Waals surface area contributed by atoms with Crippen LogP contribution >= 0.6 is 0 Å². The number of amides is 3. The summed E-state index contributed by atoms with van der Waals surface area (Å²) in [6, 6.07) is -1.20. The molecule has 2 rings (SSSR count). The van der Waals surface area contributed by atoms with Gasteiger partial charge in [-0.15, -0.1) is 0 Å². The first-order valence-electron chi connectivity index (χ1n) is 10.9. The van der Waals surface area contributed by atoms with Crippen molar-refractivity contribution >= 4 is 23.9 Å². The van der Waals surface area contributed by atoms with Crippen LogP contribution in [-0.2, 0) is 25.7 Å². The van der Waals surface area contributed by atoms with Crippen molar-refractivity contribution in [3.63, 3.8) is 0 Å². The molecule has 0 unspecified atom stereocenters. The summed E-state index contributed by atoms with van der Waals surface area (Å²) in [6.45, 7) is 9.00. The Morgan fingerprint density at radius 3 is 2.48 bits per heavy atom. The molecule has 1 fully saturated rings. The van der Waals surface area contributed by atoms with Crippen molar-refractivity contribution in [1.82, 2.24) is 30.8 Å². The quantitative estimate of drug-likeness (QED) is 0.432. The van der Waals surface area contributed by atoms with Gasteiger partial charge in [-0.2, -0.15) is 5.10 Å². The smallest absolute Gasteiger partial charge is 0.408 e. The van der Waals surface area contributed by atoms with Gasteiger partial charge in [0.2, 0.25) is 5.91 Å². The van der Waals surface area contributed by atoms with Crippen molar-refractivity contribution < 1.29 is 29.0 Å². The fourth-order valence-electron chi connectivity index (χ4n) is 3.32. The zero-order chi connectivity index (χ0) is 24.8. The van der Waals surface area contributed by atoms with Gasteiger partial charge in [0.15, 0.2) is 0 Å². The van der Waals surface area contributed by atoms with Gasteiger partial charge in [-0.25, -0.2) is 10.2 Å². The van der Waals surface area contributed by atoms with Crippen molar-refractivity contribution in [3.8, 4) is 0 Å². The summed E-state index contributed by atoms with van der Waals surface area (Å²) in [5.41, 5.74) is 1.97. The highest BCUT2D eigenvalue weighted by Gasteiger charge is 2.35. The minimum atomic E-state index is -1.05. The Hall–Kier alpha value is -3.15. The molecule has 4 N–H and O–H groups in total. The van der Waals surface area contributed by atoms with Crippen LogP contribution in [-0.4, -0.2) is 74.0 Å². The van der Waals surface area contributed by atoms with Gasteiger partial charge >= 0.3 is 12.1 Å². The molecule has 33 heavy (non-hydrogen) atoms.